The molecule has 0 saturated heterocycles. The van der Waals surface area contributed by atoms with Gasteiger partial charge in [-0.15, -0.1) is 0 Å². The quantitative estimate of drug-likeness (QED) is 0.774. The Morgan fingerprint density at radius 2 is 2.00 bits per heavy atom. The molecule has 1 rings (SSSR count). The van der Waals surface area contributed by atoms with Crippen LogP contribution in [0.4, 0.5) is 0 Å². The van der Waals surface area contributed by atoms with Gasteiger partial charge in [-0.2, -0.15) is 0 Å². The number of aryl methyl sites for hydroxylation is 1. The second-order valence-corrected chi connectivity index (χ2v) is 5.74. The van der Waals surface area contributed by atoms with E-state index in [4.69, 9.17) is 4.74 Å². The summed E-state index contributed by atoms with van der Waals surface area (Å²) < 4.78 is 5.92. The highest BCUT2D eigenvalue weighted by Gasteiger charge is 2.17. The Kier molecular flexibility index (Phi) is 7.23. The molecule has 0 heterocycles. The lowest BCUT2D eigenvalue weighted by Crippen LogP contribution is -2.38. The minimum atomic E-state index is -0.495. The van der Waals surface area contributed by atoms with Gasteiger partial charge in [0.05, 0.1) is 0 Å². The number of ether oxygens (including phenoxy) is 1. The van der Waals surface area contributed by atoms with Gasteiger partial charge in [-0.1, -0.05) is 39.0 Å². The van der Waals surface area contributed by atoms with Crippen LogP contribution in [0.5, 0.6) is 5.75 Å². The highest BCUT2D eigenvalue weighted by Crippen LogP contribution is 2.24. The topological polar surface area (TPSA) is 50.4 Å². The molecule has 0 fully saturated rings. The number of benzene rings is 1. The lowest BCUT2D eigenvalue weighted by Gasteiger charge is -2.19. The summed E-state index contributed by atoms with van der Waals surface area (Å²) in [6, 6.07) is 6.05. The highest BCUT2D eigenvalue weighted by atomic mass is 16.5. The Labute approximate surface area is 128 Å². The summed E-state index contributed by atoms with van der Waals surface area (Å²) >= 11 is 0. The average molecular weight is 292 g/mol. The summed E-state index contributed by atoms with van der Waals surface area (Å²) in [5.74, 6) is 1.18. The molecule has 1 aromatic carbocycles. The van der Waals surface area contributed by atoms with Crippen LogP contribution in [0.2, 0.25) is 0 Å². The second-order valence-electron chi connectivity index (χ2n) is 5.74. The van der Waals surface area contributed by atoms with Gasteiger partial charge in [0.25, 0.3) is 5.91 Å². The third-order valence-electron chi connectivity index (χ3n) is 3.21. The van der Waals surface area contributed by atoms with E-state index in [9.17, 15) is 4.79 Å². The number of hydrogen-bond acceptors (Lipinski definition) is 3. The molecular formula is C17H28N2O2. The first-order valence-electron chi connectivity index (χ1n) is 7.69. The normalized spacial score (nSPS) is 12.3. The first-order chi connectivity index (χ1) is 9.95. The number of carbonyl (C=O) groups excluding carboxylic acids is 1. The maximum Gasteiger partial charge on any atom is 0.260 e. The predicted molar refractivity (Wildman–Crippen MR) is 86.5 cm³/mol. The number of nitrogens with one attached hydrogen (secondary N) is 2. The third kappa shape index (κ3) is 5.76. The van der Waals surface area contributed by atoms with Gasteiger partial charge in [0.2, 0.25) is 0 Å². The molecule has 118 valence electrons. The summed E-state index contributed by atoms with van der Waals surface area (Å²) in [6.45, 7) is 12.3. The van der Waals surface area contributed by atoms with Crippen molar-refractivity contribution in [1.29, 1.82) is 0 Å². The Morgan fingerprint density at radius 1 is 1.29 bits per heavy atom. The number of rotatable bonds is 8. The van der Waals surface area contributed by atoms with Gasteiger partial charge in [0.1, 0.15) is 5.75 Å². The molecule has 0 aliphatic carbocycles. The fourth-order valence-corrected chi connectivity index (χ4v) is 1.96. The SMILES string of the molecule is CCNCc1cccc(C)c1OC(C)C(=O)NCC(C)C. The Hall–Kier alpha value is -1.55. The molecule has 0 aromatic heterocycles. The first kappa shape index (κ1) is 17.5. The van der Waals surface area contributed by atoms with Gasteiger partial charge in [0.15, 0.2) is 6.10 Å². The van der Waals surface area contributed by atoms with Crippen molar-refractivity contribution in [1.82, 2.24) is 10.6 Å². The van der Waals surface area contributed by atoms with Crippen molar-refractivity contribution >= 4 is 5.91 Å². The minimum absolute atomic E-state index is 0.0682. The van der Waals surface area contributed by atoms with Crippen LogP contribution >= 0.6 is 0 Å². The molecule has 0 aliphatic rings. The van der Waals surface area contributed by atoms with Gasteiger partial charge in [-0.25, -0.2) is 0 Å². The van der Waals surface area contributed by atoms with Gasteiger partial charge in [-0.05, 0) is 31.9 Å². The zero-order valence-electron chi connectivity index (χ0n) is 13.8. The highest BCUT2D eigenvalue weighted by molar-refractivity contribution is 5.80. The summed E-state index contributed by atoms with van der Waals surface area (Å²) in [5, 5.41) is 6.20. The molecule has 4 heteroatoms. The van der Waals surface area contributed by atoms with Crippen molar-refractivity contribution < 1.29 is 9.53 Å². The van der Waals surface area contributed by atoms with Crippen molar-refractivity contribution in [2.75, 3.05) is 13.1 Å². The zero-order chi connectivity index (χ0) is 15.8. The molecule has 21 heavy (non-hydrogen) atoms. The van der Waals surface area contributed by atoms with Gasteiger partial charge in [0, 0.05) is 18.7 Å². The third-order valence-corrected chi connectivity index (χ3v) is 3.21. The monoisotopic (exact) mass is 292 g/mol. The van der Waals surface area contributed by atoms with E-state index in [-0.39, 0.29) is 5.91 Å². The maximum absolute atomic E-state index is 12.0. The van der Waals surface area contributed by atoms with E-state index in [1.807, 2.05) is 25.1 Å². The Morgan fingerprint density at radius 3 is 2.62 bits per heavy atom. The fraction of sp³-hybridized carbons (Fsp3) is 0.588. The van der Waals surface area contributed by atoms with Gasteiger partial charge >= 0.3 is 0 Å². The molecule has 0 spiro atoms. The van der Waals surface area contributed by atoms with Crippen molar-refractivity contribution in [3.63, 3.8) is 0 Å². The van der Waals surface area contributed by atoms with Crippen LogP contribution in [-0.2, 0) is 11.3 Å². The maximum atomic E-state index is 12.0. The van der Waals surface area contributed by atoms with Crippen LogP contribution in [0.3, 0.4) is 0 Å². The van der Waals surface area contributed by atoms with E-state index in [1.165, 1.54) is 0 Å². The Bertz CT molecular complexity index is 458. The summed E-state index contributed by atoms with van der Waals surface area (Å²) in [6.07, 6.45) is -0.495. The van der Waals surface area contributed by atoms with E-state index >= 15 is 0 Å². The van der Waals surface area contributed by atoms with Crippen LogP contribution in [0.1, 0.15) is 38.8 Å². The van der Waals surface area contributed by atoms with Crippen LogP contribution in [0.25, 0.3) is 0 Å². The molecule has 2 N–H and O–H groups in total. The van der Waals surface area contributed by atoms with Crippen LogP contribution in [0.15, 0.2) is 18.2 Å². The molecule has 0 aliphatic heterocycles. The predicted octanol–water partition coefficient (Wildman–Crippen LogP) is 2.64. The van der Waals surface area contributed by atoms with E-state index in [1.54, 1.807) is 6.92 Å². The molecule has 1 amide bonds. The lowest BCUT2D eigenvalue weighted by molar-refractivity contribution is -0.127. The number of para-hydroxylation sites is 1. The second kappa shape index (κ2) is 8.67. The van der Waals surface area contributed by atoms with Crippen LogP contribution in [-0.4, -0.2) is 25.1 Å². The molecule has 0 saturated carbocycles. The van der Waals surface area contributed by atoms with Crippen LogP contribution < -0.4 is 15.4 Å². The zero-order valence-corrected chi connectivity index (χ0v) is 13.8. The van der Waals surface area contributed by atoms with Crippen molar-refractivity contribution in [2.45, 2.75) is 47.3 Å². The van der Waals surface area contributed by atoms with Crippen molar-refractivity contribution in [2.24, 2.45) is 5.92 Å². The minimum Gasteiger partial charge on any atom is -0.480 e. The molecule has 1 unspecified atom stereocenters. The smallest absolute Gasteiger partial charge is 0.260 e. The van der Waals surface area contributed by atoms with E-state index in [0.29, 0.717) is 12.5 Å². The summed E-state index contributed by atoms with van der Waals surface area (Å²) in [5.41, 5.74) is 2.13. The molecular weight excluding hydrogens is 264 g/mol. The summed E-state index contributed by atoms with van der Waals surface area (Å²) in [4.78, 5) is 12.0. The van der Waals surface area contributed by atoms with E-state index < -0.39 is 6.10 Å². The van der Waals surface area contributed by atoms with Gasteiger partial charge < -0.3 is 15.4 Å². The number of amides is 1. The molecule has 0 bridgehead atoms. The van der Waals surface area contributed by atoms with Gasteiger partial charge in [-0.3, -0.25) is 4.79 Å². The Balaban J connectivity index is 2.74. The summed E-state index contributed by atoms with van der Waals surface area (Å²) in [7, 11) is 0. The lowest BCUT2D eigenvalue weighted by atomic mass is 10.1. The van der Waals surface area contributed by atoms with Crippen molar-refractivity contribution in [3.05, 3.63) is 29.3 Å². The first-order valence-corrected chi connectivity index (χ1v) is 7.69. The van der Waals surface area contributed by atoms with E-state index in [0.717, 1.165) is 30.0 Å². The molecule has 4 nitrogen and oxygen atoms in total. The van der Waals surface area contributed by atoms with Crippen molar-refractivity contribution in [3.8, 4) is 5.75 Å². The number of carbonyl (C=O) groups is 1. The number of hydrogen-bond donors (Lipinski definition) is 2. The van der Waals surface area contributed by atoms with Crippen LogP contribution in [0, 0.1) is 12.8 Å². The largest absolute Gasteiger partial charge is 0.480 e. The molecule has 1 aromatic rings. The van der Waals surface area contributed by atoms with E-state index in [2.05, 4.69) is 31.4 Å². The molecule has 0 radical (unpaired) electrons. The molecule has 1 atom stereocenters. The average Bonchev–Trinajstić information content (AvgIpc) is 2.45. The fourth-order valence-electron chi connectivity index (χ4n) is 1.96. The standard InChI is InChI=1S/C17H28N2O2/c1-6-18-11-15-9-7-8-13(4)16(15)21-14(5)17(20)19-10-12(2)3/h7-9,12,14,18H,6,10-11H2,1-5H3,(H,19,20).